The van der Waals surface area contributed by atoms with Crippen LogP contribution in [-0.2, 0) is 11.3 Å². The van der Waals surface area contributed by atoms with Crippen LogP contribution < -0.4 is 0 Å². The zero-order valence-electron chi connectivity index (χ0n) is 10.0. The number of aliphatic hydroxyl groups is 1. The highest BCUT2D eigenvalue weighted by Crippen LogP contribution is 2.18. The van der Waals surface area contributed by atoms with Crippen LogP contribution in [-0.4, -0.2) is 39.5 Å². The Morgan fingerprint density at radius 3 is 2.83 bits per heavy atom. The highest BCUT2D eigenvalue weighted by molar-refractivity contribution is 4.98. The lowest BCUT2D eigenvalue weighted by atomic mass is 10.2. The predicted molar refractivity (Wildman–Crippen MR) is 56.8 cm³/mol. The highest BCUT2D eigenvalue weighted by Gasteiger charge is 2.27. The monoisotopic (exact) mass is 267 g/mol. The highest BCUT2D eigenvalue weighted by atomic mass is 19.4. The maximum Gasteiger partial charge on any atom is 0.411 e. The fourth-order valence-corrected chi connectivity index (χ4v) is 1.44. The molecular formula is C10H16F3N3O2. The standard InChI is InChI=1S/C10H16F3N3O2/c1-2-4-16-8(6-14-15-16)9(17)3-5-18-7-10(11,12)13/h6,9,17H,2-5,7H2,1H3. The predicted octanol–water partition coefficient (Wildman–Crippen LogP) is 1.69. The summed E-state index contributed by atoms with van der Waals surface area (Å²) in [6.07, 6.45) is -2.94. The van der Waals surface area contributed by atoms with E-state index in [1.807, 2.05) is 6.92 Å². The number of rotatable bonds is 7. The molecule has 0 aliphatic rings. The third-order valence-corrected chi connectivity index (χ3v) is 2.23. The van der Waals surface area contributed by atoms with E-state index in [2.05, 4.69) is 15.0 Å². The van der Waals surface area contributed by atoms with Crippen LogP contribution in [0.15, 0.2) is 6.20 Å². The molecular weight excluding hydrogens is 251 g/mol. The Hall–Kier alpha value is -1.15. The van der Waals surface area contributed by atoms with Crippen LogP contribution in [0.4, 0.5) is 13.2 Å². The van der Waals surface area contributed by atoms with Crippen molar-refractivity contribution in [3.63, 3.8) is 0 Å². The summed E-state index contributed by atoms with van der Waals surface area (Å²) in [7, 11) is 0. The van der Waals surface area contributed by atoms with Crippen molar-refractivity contribution in [2.45, 2.75) is 38.6 Å². The van der Waals surface area contributed by atoms with E-state index in [0.717, 1.165) is 6.42 Å². The Bertz CT molecular complexity index is 354. The fourth-order valence-electron chi connectivity index (χ4n) is 1.44. The molecule has 0 aliphatic heterocycles. The third kappa shape index (κ3) is 5.01. The topological polar surface area (TPSA) is 60.2 Å². The van der Waals surface area contributed by atoms with Crippen molar-refractivity contribution in [3.8, 4) is 0 Å². The van der Waals surface area contributed by atoms with Gasteiger partial charge in [-0.1, -0.05) is 12.1 Å². The van der Waals surface area contributed by atoms with Gasteiger partial charge in [0.05, 0.1) is 18.0 Å². The van der Waals surface area contributed by atoms with E-state index >= 15 is 0 Å². The number of hydrogen-bond acceptors (Lipinski definition) is 4. The van der Waals surface area contributed by atoms with Crippen LogP contribution in [0.1, 0.15) is 31.6 Å². The summed E-state index contributed by atoms with van der Waals surface area (Å²) in [5.74, 6) is 0. The molecule has 0 fully saturated rings. The summed E-state index contributed by atoms with van der Waals surface area (Å²) in [5.41, 5.74) is 0.493. The van der Waals surface area contributed by atoms with Gasteiger partial charge in [-0.15, -0.1) is 5.10 Å². The summed E-state index contributed by atoms with van der Waals surface area (Å²) < 4.78 is 41.4. The first-order valence-corrected chi connectivity index (χ1v) is 5.65. The largest absolute Gasteiger partial charge is 0.411 e. The van der Waals surface area contributed by atoms with E-state index in [1.165, 1.54) is 10.9 Å². The van der Waals surface area contributed by atoms with Crippen LogP contribution in [0.5, 0.6) is 0 Å². The van der Waals surface area contributed by atoms with E-state index in [4.69, 9.17) is 0 Å². The molecule has 1 unspecified atom stereocenters. The van der Waals surface area contributed by atoms with Gasteiger partial charge in [-0.2, -0.15) is 13.2 Å². The molecule has 0 aromatic carbocycles. The molecule has 0 aliphatic carbocycles. The van der Waals surface area contributed by atoms with Gasteiger partial charge in [0.1, 0.15) is 6.61 Å². The van der Waals surface area contributed by atoms with Gasteiger partial charge in [0.15, 0.2) is 0 Å². The first-order valence-electron chi connectivity index (χ1n) is 5.65. The lowest BCUT2D eigenvalue weighted by Gasteiger charge is -2.12. The molecule has 8 heteroatoms. The van der Waals surface area contributed by atoms with Crippen molar-refractivity contribution in [2.24, 2.45) is 0 Å². The lowest BCUT2D eigenvalue weighted by molar-refractivity contribution is -0.175. The van der Waals surface area contributed by atoms with Gasteiger partial charge in [0, 0.05) is 19.6 Å². The van der Waals surface area contributed by atoms with Crippen molar-refractivity contribution in [1.82, 2.24) is 15.0 Å². The maximum atomic E-state index is 11.8. The molecule has 0 radical (unpaired) electrons. The second-order valence-electron chi connectivity index (χ2n) is 3.85. The van der Waals surface area contributed by atoms with Gasteiger partial charge in [-0.25, -0.2) is 4.68 Å². The van der Waals surface area contributed by atoms with E-state index in [1.54, 1.807) is 0 Å². The Labute approximate surface area is 103 Å². The molecule has 1 aromatic rings. The van der Waals surface area contributed by atoms with E-state index in [0.29, 0.717) is 12.2 Å². The molecule has 0 spiro atoms. The van der Waals surface area contributed by atoms with Gasteiger partial charge in [0.25, 0.3) is 0 Å². The van der Waals surface area contributed by atoms with Crippen LogP contribution in [0, 0.1) is 0 Å². The molecule has 1 N–H and O–H groups in total. The molecule has 1 heterocycles. The molecule has 18 heavy (non-hydrogen) atoms. The second-order valence-corrected chi connectivity index (χ2v) is 3.85. The lowest BCUT2D eigenvalue weighted by Crippen LogP contribution is -2.18. The average Bonchev–Trinajstić information content (AvgIpc) is 2.71. The summed E-state index contributed by atoms with van der Waals surface area (Å²) in [4.78, 5) is 0. The van der Waals surface area contributed by atoms with Crippen LogP contribution in [0.3, 0.4) is 0 Å². The number of nitrogens with zero attached hydrogens (tertiary/aromatic N) is 3. The molecule has 1 atom stereocenters. The number of halogens is 3. The molecule has 1 aromatic heterocycles. The van der Waals surface area contributed by atoms with Gasteiger partial charge < -0.3 is 9.84 Å². The zero-order valence-corrected chi connectivity index (χ0v) is 10.0. The van der Waals surface area contributed by atoms with Gasteiger partial charge >= 0.3 is 6.18 Å². The first-order chi connectivity index (χ1) is 8.44. The maximum absolute atomic E-state index is 11.8. The van der Waals surface area contributed by atoms with E-state index in [9.17, 15) is 18.3 Å². The third-order valence-electron chi connectivity index (χ3n) is 2.23. The van der Waals surface area contributed by atoms with Crippen molar-refractivity contribution in [1.29, 1.82) is 0 Å². The van der Waals surface area contributed by atoms with Gasteiger partial charge in [0.2, 0.25) is 0 Å². The summed E-state index contributed by atoms with van der Waals surface area (Å²) in [5, 5.41) is 17.2. The number of aliphatic hydroxyl groups excluding tert-OH is 1. The molecule has 0 amide bonds. The van der Waals surface area contributed by atoms with Crippen LogP contribution >= 0.6 is 0 Å². The van der Waals surface area contributed by atoms with Crippen molar-refractivity contribution < 1.29 is 23.0 Å². The number of aryl methyl sites for hydroxylation is 1. The SMILES string of the molecule is CCCn1nncc1C(O)CCOCC(F)(F)F. The Morgan fingerprint density at radius 1 is 1.50 bits per heavy atom. The summed E-state index contributed by atoms with van der Waals surface area (Å²) in [6, 6.07) is 0. The quantitative estimate of drug-likeness (QED) is 0.764. The minimum absolute atomic E-state index is 0.0766. The second kappa shape index (κ2) is 6.69. The Kier molecular flexibility index (Phi) is 5.54. The average molecular weight is 267 g/mol. The van der Waals surface area contributed by atoms with Crippen molar-refractivity contribution in [2.75, 3.05) is 13.2 Å². The molecule has 1 rings (SSSR count). The normalized spacial score (nSPS) is 13.8. The minimum Gasteiger partial charge on any atom is -0.387 e. The summed E-state index contributed by atoms with van der Waals surface area (Å²) >= 11 is 0. The molecule has 5 nitrogen and oxygen atoms in total. The zero-order chi connectivity index (χ0) is 13.6. The fraction of sp³-hybridized carbons (Fsp3) is 0.800. The van der Waals surface area contributed by atoms with Gasteiger partial charge in [-0.05, 0) is 6.42 Å². The Balaban J connectivity index is 2.36. The minimum atomic E-state index is -4.34. The van der Waals surface area contributed by atoms with Crippen LogP contribution in [0.2, 0.25) is 0 Å². The summed E-state index contributed by atoms with van der Waals surface area (Å²) in [6.45, 7) is 1.09. The molecule has 0 saturated carbocycles. The molecule has 0 bridgehead atoms. The number of alkyl halides is 3. The number of hydrogen-bond donors (Lipinski definition) is 1. The first kappa shape index (κ1) is 14.9. The number of ether oxygens (including phenoxy) is 1. The smallest absolute Gasteiger partial charge is 0.387 e. The van der Waals surface area contributed by atoms with Crippen molar-refractivity contribution >= 4 is 0 Å². The van der Waals surface area contributed by atoms with Crippen LogP contribution in [0.25, 0.3) is 0 Å². The van der Waals surface area contributed by atoms with E-state index < -0.39 is 18.9 Å². The van der Waals surface area contributed by atoms with E-state index in [-0.39, 0.29) is 13.0 Å². The molecule has 0 saturated heterocycles. The van der Waals surface area contributed by atoms with Gasteiger partial charge in [-0.3, -0.25) is 0 Å². The number of aromatic nitrogens is 3. The Morgan fingerprint density at radius 2 is 2.22 bits per heavy atom. The van der Waals surface area contributed by atoms with Crippen molar-refractivity contribution in [3.05, 3.63) is 11.9 Å². The molecule has 104 valence electrons.